The number of piperidine rings is 1. The molecule has 98 valence electrons. The molecule has 5 heteroatoms. The van der Waals surface area contributed by atoms with Gasteiger partial charge in [0.05, 0.1) is 0 Å². The van der Waals surface area contributed by atoms with Crippen LogP contribution in [0.2, 0.25) is 0 Å². The van der Waals surface area contributed by atoms with Crippen LogP contribution in [-0.4, -0.2) is 41.7 Å². The maximum atomic E-state index is 11.6. The molecular weight excluding hydrogens is 296 g/mol. The number of benzene rings is 1. The van der Waals surface area contributed by atoms with E-state index in [0.29, 0.717) is 12.8 Å². The van der Waals surface area contributed by atoms with Crippen molar-refractivity contribution in [2.24, 2.45) is 0 Å². The average Bonchev–Trinajstić information content (AvgIpc) is 2.35. The number of carbonyl (C=O) groups is 1. The van der Waals surface area contributed by atoms with Gasteiger partial charge in [-0.25, -0.2) is 4.79 Å². The van der Waals surface area contributed by atoms with Crippen LogP contribution in [0, 0.1) is 0 Å². The van der Waals surface area contributed by atoms with Gasteiger partial charge in [-0.05, 0) is 44.2 Å². The van der Waals surface area contributed by atoms with Gasteiger partial charge in [0.1, 0.15) is 5.54 Å². The molecule has 2 rings (SSSR count). The molecule has 2 N–H and O–H groups in total. The summed E-state index contributed by atoms with van der Waals surface area (Å²) in [4.78, 5) is 13.7. The van der Waals surface area contributed by atoms with Crippen molar-refractivity contribution in [3.8, 4) is 0 Å². The summed E-state index contributed by atoms with van der Waals surface area (Å²) >= 11 is 3.37. The third-order valence-electron chi connectivity index (χ3n) is 3.48. The van der Waals surface area contributed by atoms with Crippen LogP contribution in [0.5, 0.6) is 0 Å². The molecule has 0 unspecified atom stereocenters. The molecular formula is C13H17BrN2O2. The number of nitrogens with one attached hydrogen (secondary N) is 1. The van der Waals surface area contributed by atoms with Crippen LogP contribution in [0.3, 0.4) is 0 Å². The second kappa shape index (κ2) is 5.28. The molecule has 1 saturated heterocycles. The number of carboxylic acid groups (broad SMARTS) is 1. The minimum absolute atomic E-state index is 0.620. The van der Waals surface area contributed by atoms with Crippen molar-refractivity contribution in [1.82, 2.24) is 4.90 Å². The van der Waals surface area contributed by atoms with E-state index in [1.54, 1.807) is 0 Å². The van der Waals surface area contributed by atoms with E-state index in [0.717, 1.165) is 23.2 Å². The number of hydrogen-bond acceptors (Lipinski definition) is 3. The van der Waals surface area contributed by atoms with Crippen molar-refractivity contribution in [3.63, 3.8) is 0 Å². The average molecular weight is 313 g/mol. The topological polar surface area (TPSA) is 52.6 Å². The van der Waals surface area contributed by atoms with Crippen molar-refractivity contribution in [2.75, 3.05) is 25.5 Å². The lowest BCUT2D eigenvalue weighted by atomic mass is 9.87. The molecule has 0 aliphatic carbocycles. The lowest BCUT2D eigenvalue weighted by Crippen LogP contribution is -2.53. The maximum Gasteiger partial charge on any atom is 0.329 e. The molecule has 1 aromatic carbocycles. The molecule has 1 fully saturated rings. The van der Waals surface area contributed by atoms with Crippen LogP contribution in [0.1, 0.15) is 12.8 Å². The maximum absolute atomic E-state index is 11.6. The smallest absolute Gasteiger partial charge is 0.329 e. The fourth-order valence-electron chi connectivity index (χ4n) is 2.20. The zero-order valence-electron chi connectivity index (χ0n) is 10.3. The number of carboxylic acids is 1. The van der Waals surface area contributed by atoms with Gasteiger partial charge in [-0.1, -0.05) is 15.9 Å². The van der Waals surface area contributed by atoms with Gasteiger partial charge in [0, 0.05) is 23.2 Å². The van der Waals surface area contributed by atoms with E-state index in [1.165, 1.54) is 0 Å². The molecule has 1 aliphatic rings. The van der Waals surface area contributed by atoms with Gasteiger partial charge in [-0.3, -0.25) is 0 Å². The van der Waals surface area contributed by atoms with Gasteiger partial charge in [-0.15, -0.1) is 0 Å². The Morgan fingerprint density at radius 1 is 1.33 bits per heavy atom. The normalized spacial score (nSPS) is 19.4. The number of halogens is 1. The summed E-state index contributed by atoms with van der Waals surface area (Å²) in [6.07, 6.45) is 1.24. The van der Waals surface area contributed by atoms with Gasteiger partial charge in [-0.2, -0.15) is 0 Å². The van der Waals surface area contributed by atoms with E-state index in [9.17, 15) is 9.90 Å². The van der Waals surface area contributed by atoms with E-state index in [2.05, 4.69) is 26.1 Å². The molecule has 0 saturated carbocycles. The monoisotopic (exact) mass is 312 g/mol. The highest BCUT2D eigenvalue weighted by molar-refractivity contribution is 9.10. The third-order valence-corrected chi connectivity index (χ3v) is 4.01. The Morgan fingerprint density at radius 3 is 2.39 bits per heavy atom. The Hall–Kier alpha value is -1.07. The van der Waals surface area contributed by atoms with E-state index in [-0.39, 0.29) is 0 Å². The largest absolute Gasteiger partial charge is 0.480 e. The quantitative estimate of drug-likeness (QED) is 0.900. The van der Waals surface area contributed by atoms with Crippen molar-refractivity contribution in [1.29, 1.82) is 0 Å². The van der Waals surface area contributed by atoms with Gasteiger partial charge >= 0.3 is 5.97 Å². The summed E-state index contributed by atoms with van der Waals surface area (Å²) in [6.45, 7) is 1.60. The lowest BCUT2D eigenvalue weighted by molar-refractivity contribution is -0.143. The molecule has 1 aliphatic heterocycles. The zero-order valence-corrected chi connectivity index (χ0v) is 11.9. The second-order valence-electron chi connectivity index (χ2n) is 4.82. The fourth-order valence-corrected chi connectivity index (χ4v) is 2.47. The predicted octanol–water partition coefficient (Wildman–Crippen LogP) is 2.41. The van der Waals surface area contributed by atoms with Gasteiger partial charge in [0.15, 0.2) is 0 Å². The Kier molecular flexibility index (Phi) is 3.92. The minimum atomic E-state index is -0.833. The number of hydrogen-bond donors (Lipinski definition) is 2. The SMILES string of the molecule is CN1CCC(Nc2ccc(Br)cc2)(C(=O)O)CC1. The molecule has 0 spiro atoms. The van der Waals surface area contributed by atoms with E-state index in [1.807, 2.05) is 31.3 Å². The first-order valence-electron chi connectivity index (χ1n) is 5.97. The van der Waals surface area contributed by atoms with Crippen molar-refractivity contribution < 1.29 is 9.90 Å². The first kappa shape index (κ1) is 13.4. The molecule has 1 aromatic rings. The molecule has 0 atom stereocenters. The second-order valence-corrected chi connectivity index (χ2v) is 5.74. The molecule has 1 heterocycles. The highest BCUT2D eigenvalue weighted by Gasteiger charge is 2.40. The van der Waals surface area contributed by atoms with Crippen LogP contribution < -0.4 is 5.32 Å². The molecule has 0 bridgehead atoms. The van der Waals surface area contributed by atoms with E-state index >= 15 is 0 Å². The predicted molar refractivity (Wildman–Crippen MR) is 74.9 cm³/mol. The Labute approximate surface area is 115 Å². The van der Waals surface area contributed by atoms with Crippen molar-refractivity contribution in [2.45, 2.75) is 18.4 Å². The number of nitrogens with zero attached hydrogens (tertiary/aromatic N) is 1. The lowest BCUT2D eigenvalue weighted by Gasteiger charge is -2.38. The van der Waals surface area contributed by atoms with Crippen molar-refractivity contribution >= 4 is 27.6 Å². The Morgan fingerprint density at radius 2 is 1.89 bits per heavy atom. The van der Waals surface area contributed by atoms with Gasteiger partial charge < -0.3 is 15.3 Å². The molecule has 0 radical (unpaired) electrons. The summed E-state index contributed by atoms with van der Waals surface area (Å²) in [6, 6.07) is 7.61. The third kappa shape index (κ3) is 2.84. The standard InChI is InChI=1S/C13H17BrN2O2/c1-16-8-6-13(7-9-16,12(17)18)15-11-4-2-10(14)3-5-11/h2-5,15H,6-9H2,1H3,(H,17,18). The van der Waals surface area contributed by atoms with E-state index in [4.69, 9.17) is 0 Å². The van der Waals surface area contributed by atoms with Crippen LogP contribution in [-0.2, 0) is 4.79 Å². The van der Waals surface area contributed by atoms with Crippen LogP contribution >= 0.6 is 15.9 Å². The number of likely N-dealkylation sites (tertiary alicyclic amines) is 1. The first-order chi connectivity index (χ1) is 8.52. The molecule has 4 nitrogen and oxygen atoms in total. The number of aliphatic carboxylic acids is 1. The molecule has 18 heavy (non-hydrogen) atoms. The summed E-state index contributed by atoms with van der Waals surface area (Å²) in [5, 5.41) is 12.7. The van der Waals surface area contributed by atoms with Crippen LogP contribution in [0.25, 0.3) is 0 Å². The van der Waals surface area contributed by atoms with Gasteiger partial charge in [0.2, 0.25) is 0 Å². The Bertz CT molecular complexity index is 425. The van der Waals surface area contributed by atoms with Crippen LogP contribution in [0.4, 0.5) is 5.69 Å². The minimum Gasteiger partial charge on any atom is -0.480 e. The Balaban J connectivity index is 2.16. The first-order valence-corrected chi connectivity index (χ1v) is 6.77. The fraction of sp³-hybridized carbons (Fsp3) is 0.462. The summed E-state index contributed by atoms with van der Waals surface area (Å²) in [5.41, 5.74) is 0.0190. The highest BCUT2D eigenvalue weighted by atomic mass is 79.9. The zero-order chi connectivity index (χ0) is 13.2. The highest BCUT2D eigenvalue weighted by Crippen LogP contribution is 2.27. The van der Waals surface area contributed by atoms with Gasteiger partial charge in [0.25, 0.3) is 0 Å². The number of rotatable bonds is 3. The number of anilines is 1. The summed E-state index contributed by atoms with van der Waals surface area (Å²) in [7, 11) is 2.02. The van der Waals surface area contributed by atoms with E-state index < -0.39 is 11.5 Å². The summed E-state index contributed by atoms with van der Waals surface area (Å²) in [5.74, 6) is -0.765. The summed E-state index contributed by atoms with van der Waals surface area (Å²) < 4.78 is 0.987. The molecule has 0 amide bonds. The van der Waals surface area contributed by atoms with Crippen molar-refractivity contribution in [3.05, 3.63) is 28.7 Å². The molecule has 0 aromatic heterocycles. The van der Waals surface area contributed by atoms with Crippen LogP contribution in [0.15, 0.2) is 28.7 Å².